The lowest BCUT2D eigenvalue weighted by Crippen LogP contribution is -2.25. The molecule has 3 rings (SSSR count). The molecule has 1 aliphatic rings. The molecule has 0 atom stereocenters. The maximum Gasteiger partial charge on any atom is 0.435 e. The average Bonchev–Trinajstić information content (AvgIpc) is 3.05. The first kappa shape index (κ1) is 16.3. The van der Waals surface area contributed by atoms with E-state index in [9.17, 15) is 18.0 Å². The third kappa shape index (κ3) is 3.07. The van der Waals surface area contributed by atoms with E-state index in [1.54, 1.807) is 13.0 Å². The van der Waals surface area contributed by atoms with E-state index in [1.165, 1.54) is 30.3 Å². The van der Waals surface area contributed by atoms with E-state index in [4.69, 9.17) is 16.0 Å². The number of anilines is 1. The van der Waals surface area contributed by atoms with Gasteiger partial charge in [0.25, 0.3) is 5.91 Å². The summed E-state index contributed by atoms with van der Waals surface area (Å²) < 4.78 is 45.0. The lowest BCUT2D eigenvalue weighted by atomic mass is 10.1. The van der Waals surface area contributed by atoms with Gasteiger partial charge in [-0.3, -0.25) is 4.79 Å². The molecular formula is C16H10ClF3N2O2. The van der Waals surface area contributed by atoms with E-state index in [1.807, 2.05) is 0 Å². The zero-order valence-corrected chi connectivity index (χ0v) is 13.0. The van der Waals surface area contributed by atoms with Crippen LogP contribution in [0.3, 0.4) is 0 Å². The number of alkyl halides is 3. The zero-order chi connectivity index (χ0) is 17.5. The SMILES string of the molecule is Cc1ccc(C=C2C(=O)N(c3ccc(Cl)cc3)N=C2C(F)(F)F)o1. The second-order valence-electron chi connectivity index (χ2n) is 5.05. The van der Waals surface area contributed by atoms with E-state index < -0.39 is 23.4 Å². The number of hydrogen-bond donors (Lipinski definition) is 0. The first-order valence-corrected chi connectivity index (χ1v) is 7.18. The van der Waals surface area contributed by atoms with E-state index >= 15 is 0 Å². The number of carbonyl (C=O) groups excluding carboxylic acids is 1. The van der Waals surface area contributed by atoms with Crippen LogP contribution < -0.4 is 5.01 Å². The van der Waals surface area contributed by atoms with Crippen LogP contribution in [-0.4, -0.2) is 17.8 Å². The Balaban J connectivity index is 2.06. The molecule has 4 nitrogen and oxygen atoms in total. The van der Waals surface area contributed by atoms with Crippen molar-refractivity contribution in [2.24, 2.45) is 5.10 Å². The summed E-state index contributed by atoms with van der Waals surface area (Å²) >= 11 is 5.75. The predicted octanol–water partition coefficient (Wildman–Crippen LogP) is 4.59. The van der Waals surface area contributed by atoms with Gasteiger partial charge in [-0.15, -0.1) is 0 Å². The molecule has 24 heavy (non-hydrogen) atoms. The van der Waals surface area contributed by atoms with Crippen LogP contribution in [-0.2, 0) is 4.79 Å². The fraction of sp³-hybridized carbons (Fsp3) is 0.125. The minimum Gasteiger partial charge on any atom is -0.462 e. The van der Waals surface area contributed by atoms with Crippen molar-refractivity contribution in [3.8, 4) is 0 Å². The fourth-order valence-corrected chi connectivity index (χ4v) is 2.31. The summed E-state index contributed by atoms with van der Waals surface area (Å²) in [5.74, 6) is -0.225. The number of hydrogen-bond acceptors (Lipinski definition) is 3. The van der Waals surface area contributed by atoms with Crippen molar-refractivity contribution in [2.75, 3.05) is 5.01 Å². The third-order valence-electron chi connectivity index (χ3n) is 3.27. The molecule has 0 unspecified atom stereocenters. The molecule has 1 aliphatic heterocycles. The van der Waals surface area contributed by atoms with Crippen molar-refractivity contribution in [1.29, 1.82) is 0 Å². The highest BCUT2D eigenvalue weighted by Crippen LogP contribution is 2.33. The van der Waals surface area contributed by atoms with Crippen molar-refractivity contribution in [2.45, 2.75) is 13.1 Å². The molecule has 2 heterocycles. The third-order valence-corrected chi connectivity index (χ3v) is 3.52. The second-order valence-corrected chi connectivity index (χ2v) is 5.48. The Hall–Kier alpha value is -2.54. The van der Waals surface area contributed by atoms with Gasteiger partial charge in [-0.2, -0.15) is 23.3 Å². The number of carbonyl (C=O) groups is 1. The van der Waals surface area contributed by atoms with Gasteiger partial charge in [-0.25, -0.2) is 0 Å². The summed E-state index contributed by atoms with van der Waals surface area (Å²) in [6, 6.07) is 8.83. The fourth-order valence-electron chi connectivity index (χ4n) is 2.18. The normalized spacial score (nSPS) is 16.9. The minimum absolute atomic E-state index is 0.144. The van der Waals surface area contributed by atoms with Crippen LogP contribution >= 0.6 is 11.6 Å². The van der Waals surface area contributed by atoms with Gasteiger partial charge in [0.15, 0.2) is 5.71 Å². The lowest BCUT2D eigenvalue weighted by molar-refractivity contribution is -0.114. The van der Waals surface area contributed by atoms with E-state index in [2.05, 4.69) is 5.10 Å². The first-order valence-electron chi connectivity index (χ1n) is 6.80. The largest absolute Gasteiger partial charge is 0.462 e. The summed E-state index contributed by atoms with van der Waals surface area (Å²) in [5.41, 5.74) is -1.66. The Morgan fingerprint density at radius 2 is 1.83 bits per heavy atom. The summed E-state index contributed by atoms with van der Waals surface area (Å²) in [7, 11) is 0. The highest BCUT2D eigenvalue weighted by atomic mass is 35.5. The number of halogens is 4. The Kier molecular flexibility index (Phi) is 3.96. The highest BCUT2D eigenvalue weighted by Gasteiger charge is 2.46. The molecule has 1 amide bonds. The average molecular weight is 355 g/mol. The topological polar surface area (TPSA) is 45.8 Å². The van der Waals surface area contributed by atoms with Gasteiger partial charge < -0.3 is 4.42 Å². The van der Waals surface area contributed by atoms with Crippen LogP contribution in [0.1, 0.15) is 11.5 Å². The molecule has 8 heteroatoms. The van der Waals surface area contributed by atoms with E-state index in [0.29, 0.717) is 15.8 Å². The molecular weight excluding hydrogens is 345 g/mol. The monoisotopic (exact) mass is 354 g/mol. The first-order chi connectivity index (χ1) is 11.3. The molecule has 0 bridgehead atoms. The number of rotatable bonds is 2. The number of nitrogens with zero attached hydrogens (tertiary/aromatic N) is 2. The van der Waals surface area contributed by atoms with Gasteiger partial charge in [-0.05, 0) is 49.4 Å². The van der Waals surface area contributed by atoms with Crippen LogP contribution in [0.25, 0.3) is 6.08 Å². The maximum absolute atomic E-state index is 13.2. The molecule has 1 aromatic heterocycles. The van der Waals surface area contributed by atoms with Gasteiger partial charge in [-0.1, -0.05) is 11.6 Å². The summed E-state index contributed by atoms with van der Waals surface area (Å²) in [6.45, 7) is 1.65. The number of hydrazone groups is 1. The number of aryl methyl sites for hydroxylation is 1. The minimum atomic E-state index is -4.77. The quantitative estimate of drug-likeness (QED) is 0.740. The van der Waals surface area contributed by atoms with Crippen LogP contribution in [0.2, 0.25) is 5.02 Å². The summed E-state index contributed by atoms with van der Waals surface area (Å²) in [5, 5.41) is 4.54. The molecule has 1 aromatic carbocycles. The smallest absolute Gasteiger partial charge is 0.435 e. The maximum atomic E-state index is 13.2. The Morgan fingerprint density at radius 3 is 2.38 bits per heavy atom. The summed E-state index contributed by atoms with van der Waals surface area (Å²) in [4.78, 5) is 12.4. The summed E-state index contributed by atoms with van der Waals surface area (Å²) in [6.07, 6.45) is -3.73. The van der Waals surface area contributed by atoms with Crippen molar-refractivity contribution in [3.05, 3.63) is 58.5 Å². The molecule has 124 valence electrons. The second kappa shape index (κ2) is 5.83. The number of amides is 1. The van der Waals surface area contributed by atoms with E-state index in [0.717, 1.165) is 6.08 Å². The van der Waals surface area contributed by atoms with Crippen molar-refractivity contribution in [3.63, 3.8) is 0 Å². The van der Waals surface area contributed by atoms with Crippen LogP contribution in [0.4, 0.5) is 18.9 Å². The van der Waals surface area contributed by atoms with Crippen LogP contribution in [0.15, 0.2) is 51.5 Å². The van der Waals surface area contributed by atoms with Crippen LogP contribution in [0.5, 0.6) is 0 Å². The molecule has 0 saturated heterocycles. The molecule has 0 saturated carbocycles. The van der Waals surface area contributed by atoms with Gasteiger partial charge >= 0.3 is 6.18 Å². The van der Waals surface area contributed by atoms with E-state index in [-0.39, 0.29) is 11.4 Å². The van der Waals surface area contributed by atoms with Gasteiger partial charge in [0.1, 0.15) is 11.5 Å². The predicted molar refractivity (Wildman–Crippen MR) is 83.9 cm³/mol. The standard InChI is InChI=1S/C16H10ClF3N2O2/c1-9-2-7-12(24-9)8-13-14(16(18,19)20)21-22(15(13)23)11-5-3-10(17)4-6-11/h2-8H,1H3. The number of furan rings is 1. The Bertz CT molecular complexity index is 851. The molecule has 0 aliphatic carbocycles. The highest BCUT2D eigenvalue weighted by molar-refractivity contribution is 6.34. The molecule has 0 N–H and O–H groups in total. The zero-order valence-electron chi connectivity index (χ0n) is 12.3. The number of benzene rings is 1. The van der Waals surface area contributed by atoms with Crippen molar-refractivity contribution >= 4 is 35.0 Å². The van der Waals surface area contributed by atoms with Crippen LogP contribution in [0, 0.1) is 6.92 Å². The van der Waals surface area contributed by atoms with Gasteiger partial charge in [0.2, 0.25) is 0 Å². The Labute approximate surface area is 139 Å². The van der Waals surface area contributed by atoms with Gasteiger partial charge in [0, 0.05) is 5.02 Å². The molecule has 0 spiro atoms. The molecule has 0 radical (unpaired) electrons. The van der Waals surface area contributed by atoms with Crippen molar-refractivity contribution < 1.29 is 22.4 Å². The molecule has 2 aromatic rings. The van der Waals surface area contributed by atoms with Gasteiger partial charge in [0.05, 0.1) is 11.3 Å². The molecule has 0 fully saturated rings. The Morgan fingerprint density at radius 1 is 1.17 bits per heavy atom. The van der Waals surface area contributed by atoms with Crippen molar-refractivity contribution in [1.82, 2.24) is 0 Å². The lowest BCUT2D eigenvalue weighted by Gasteiger charge is -2.11.